The van der Waals surface area contributed by atoms with Gasteiger partial charge < -0.3 is 5.73 Å². The third kappa shape index (κ3) is 1.96. The molecule has 1 aromatic heterocycles. The maximum absolute atomic E-state index is 5.80. The van der Waals surface area contributed by atoms with E-state index in [1.54, 1.807) is 0 Å². The van der Waals surface area contributed by atoms with Crippen LogP contribution in [0.15, 0.2) is 6.07 Å². The molecule has 0 aliphatic carbocycles. The van der Waals surface area contributed by atoms with Gasteiger partial charge in [-0.2, -0.15) is 0 Å². The van der Waals surface area contributed by atoms with E-state index in [0.717, 1.165) is 15.6 Å². The van der Waals surface area contributed by atoms with Gasteiger partial charge in [0.2, 0.25) is 0 Å². The second-order valence-corrected chi connectivity index (χ2v) is 3.60. The minimum Gasteiger partial charge on any atom is -0.384 e. The van der Waals surface area contributed by atoms with Crippen molar-refractivity contribution in [2.45, 2.75) is 13.3 Å². The molecule has 0 radical (unpaired) electrons. The third-order valence-electron chi connectivity index (χ3n) is 1.39. The van der Waals surface area contributed by atoms with Crippen LogP contribution in [0.3, 0.4) is 0 Å². The molecule has 60 valence electrons. The van der Waals surface area contributed by atoms with Crippen molar-refractivity contribution >= 4 is 40.0 Å². The van der Waals surface area contributed by atoms with E-state index in [4.69, 9.17) is 17.3 Å². The molecular formula is C7H8ClIN2. The van der Waals surface area contributed by atoms with Gasteiger partial charge in [-0.15, -0.1) is 0 Å². The van der Waals surface area contributed by atoms with Gasteiger partial charge in [-0.1, -0.05) is 18.5 Å². The molecule has 0 aromatic carbocycles. The van der Waals surface area contributed by atoms with Gasteiger partial charge in [-0.25, -0.2) is 4.98 Å². The average Bonchev–Trinajstić information content (AvgIpc) is 1.96. The molecule has 0 saturated carbocycles. The molecular weight excluding hydrogens is 274 g/mol. The maximum Gasteiger partial charge on any atom is 0.145 e. The lowest BCUT2D eigenvalue weighted by Crippen LogP contribution is -1.96. The first kappa shape index (κ1) is 9.06. The first-order valence-electron chi connectivity index (χ1n) is 3.25. The lowest BCUT2D eigenvalue weighted by atomic mass is 10.2. The number of aromatic nitrogens is 1. The van der Waals surface area contributed by atoms with Gasteiger partial charge in [-0.05, 0) is 40.6 Å². The largest absolute Gasteiger partial charge is 0.384 e. The molecule has 0 amide bonds. The molecule has 0 unspecified atom stereocenters. The van der Waals surface area contributed by atoms with E-state index in [2.05, 4.69) is 34.5 Å². The zero-order chi connectivity index (χ0) is 8.43. The van der Waals surface area contributed by atoms with Gasteiger partial charge in [0, 0.05) is 0 Å². The van der Waals surface area contributed by atoms with Crippen molar-refractivity contribution in [2.75, 3.05) is 5.73 Å². The summed E-state index contributed by atoms with van der Waals surface area (Å²) in [5, 5.41) is 0.502. The first-order chi connectivity index (χ1) is 5.15. The molecule has 1 rings (SSSR count). The number of halogens is 2. The van der Waals surface area contributed by atoms with E-state index in [1.165, 1.54) is 0 Å². The molecule has 0 aliphatic heterocycles. The SMILES string of the molecule is CCc1cc(N)nc(Cl)c1I. The number of anilines is 1. The second kappa shape index (κ2) is 3.58. The highest BCUT2D eigenvalue weighted by Crippen LogP contribution is 2.22. The summed E-state index contributed by atoms with van der Waals surface area (Å²) >= 11 is 7.97. The Morgan fingerprint density at radius 2 is 2.36 bits per heavy atom. The van der Waals surface area contributed by atoms with Gasteiger partial charge >= 0.3 is 0 Å². The fraction of sp³-hybridized carbons (Fsp3) is 0.286. The van der Waals surface area contributed by atoms with E-state index < -0.39 is 0 Å². The Bertz CT molecular complexity index is 275. The van der Waals surface area contributed by atoms with Crippen molar-refractivity contribution in [1.82, 2.24) is 4.98 Å². The summed E-state index contributed by atoms with van der Waals surface area (Å²) in [6.45, 7) is 2.06. The van der Waals surface area contributed by atoms with Crippen LogP contribution in [0.5, 0.6) is 0 Å². The molecule has 0 fully saturated rings. The number of aryl methyl sites for hydroxylation is 1. The van der Waals surface area contributed by atoms with E-state index in [9.17, 15) is 0 Å². The van der Waals surface area contributed by atoms with E-state index in [0.29, 0.717) is 11.0 Å². The zero-order valence-corrected chi connectivity index (χ0v) is 8.98. The number of nitrogen functional groups attached to an aromatic ring is 1. The van der Waals surface area contributed by atoms with Crippen molar-refractivity contribution in [3.8, 4) is 0 Å². The number of hydrogen-bond acceptors (Lipinski definition) is 2. The molecule has 2 N–H and O–H groups in total. The van der Waals surface area contributed by atoms with Crippen molar-refractivity contribution in [3.05, 3.63) is 20.4 Å². The molecule has 0 spiro atoms. The summed E-state index contributed by atoms with van der Waals surface area (Å²) in [5.74, 6) is 0.493. The Labute approximate surface area is 84.3 Å². The smallest absolute Gasteiger partial charge is 0.145 e. The Hall–Kier alpha value is -0.0300. The number of pyridine rings is 1. The van der Waals surface area contributed by atoms with Crippen molar-refractivity contribution < 1.29 is 0 Å². The lowest BCUT2D eigenvalue weighted by Gasteiger charge is -2.03. The average molecular weight is 283 g/mol. The minimum atomic E-state index is 0.493. The molecule has 1 aromatic rings. The zero-order valence-electron chi connectivity index (χ0n) is 6.06. The number of nitrogens with zero attached hydrogens (tertiary/aromatic N) is 1. The summed E-state index contributed by atoms with van der Waals surface area (Å²) in [4.78, 5) is 3.92. The maximum atomic E-state index is 5.80. The second-order valence-electron chi connectivity index (χ2n) is 2.16. The molecule has 1 heterocycles. The van der Waals surface area contributed by atoms with Gasteiger partial charge in [-0.3, -0.25) is 0 Å². The minimum absolute atomic E-state index is 0.493. The van der Waals surface area contributed by atoms with E-state index >= 15 is 0 Å². The van der Waals surface area contributed by atoms with Crippen LogP contribution in [0.1, 0.15) is 12.5 Å². The predicted octanol–water partition coefficient (Wildman–Crippen LogP) is 2.48. The Kier molecular flexibility index (Phi) is 2.95. The highest BCUT2D eigenvalue weighted by atomic mass is 127. The molecule has 0 aliphatic rings. The molecule has 0 saturated heterocycles. The summed E-state index contributed by atoms with van der Waals surface area (Å²) in [6, 6.07) is 1.85. The van der Waals surface area contributed by atoms with E-state index in [-0.39, 0.29) is 0 Å². The number of rotatable bonds is 1. The van der Waals surface area contributed by atoms with Crippen LogP contribution in [0, 0.1) is 3.57 Å². The summed E-state index contributed by atoms with van der Waals surface area (Å²) < 4.78 is 1.00. The Balaban J connectivity index is 3.24. The first-order valence-corrected chi connectivity index (χ1v) is 4.71. The molecule has 4 heteroatoms. The number of nitrogens with two attached hydrogens (primary N) is 1. The molecule has 11 heavy (non-hydrogen) atoms. The van der Waals surface area contributed by atoms with Crippen LogP contribution >= 0.6 is 34.2 Å². The fourth-order valence-corrected chi connectivity index (χ4v) is 1.70. The lowest BCUT2D eigenvalue weighted by molar-refractivity contribution is 1.10. The highest BCUT2D eigenvalue weighted by molar-refractivity contribution is 14.1. The van der Waals surface area contributed by atoms with Gasteiger partial charge in [0.1, 0.15) is 11.0 Å². The standard InChI is InChI=1S/C7H8ClIN2/c1-2-4-3-5(10)11-7(8)6(4)9/h3H,2H2,1H3,(H2,10,11). The highest BCUT2D eigenvalue weighted by Gasteiger charge is 2.04. The van der Waals surface area contributed by atoms with Gasteiger partial charge in [0.25, 0.3) is 0 Å². The number of hydrogen-bond donors (Lipinski definition) is 1. The van der Waals surface area contributed by atoms with Crippen LogP contribution in [-0.2, 0) is 6.42 Å². The molecule has 0 bridgehead atoms. The van der Waals surface area contributed by atoms with Gasteiger partial charge in [0.05, 0.1) is 3.57 Å². The van der Waals surface area contributed by atoms with Crippen molar-refractivity contribution in [3.63, 3.8) is 0 Å². The monoisotopic (exact) mass is 282 g/mol. The Morgan fingerprint density at radius 1 is 1.73 bits per heavy atom. The van der Waals surface area contributed by atoms with Gasteiger partial charge in [0.15, 0.2) is 0 Å². The van der Waals surface area contributed by atoms with Crippen LogP contribution in [0.2, 0.25) is 5.15 Å². The van der Waals surface area contributed by atoms with Crippen LogP contribution in [0.25, 0.3) is 0 Å². The normalized spacial score (nSPS) is 10.1. The molecule has 2 nitrogen and oxygen atoms in total. The predicted molar refractivity (Wildman–Crippen MR) is 55.8 cm³/mol. The topological polar surface area (TPSA) is 38.9 Å². The fourth-order valence-electron chi connectivity index (χ4n) is 0.826. The van der Waals surface area contributed by atoms with Crippen LogP contribution in [-0.4, -0.2) is 4.98 Å². The van der Waals surface area contributed by atoms with Crippen LogP contribution < -0.4 is 5.73 Å². The van der Waals surface area contributed by atoms with Crippen molar-refractivity contribution in [1.29, 1.82) is 0 Å². The third-order valence-corrected chi connectivity index (χ3v) is 3.19. The summed E-state index contributed by atoms with van der Waals surface area (Å²) in [6.07, 6.45) is 0.935. The molecule has 0 atom stereocenters. The Morgan fingerprint density at radius 3 is 2.91 bits per heavy atom. The van der Waals surface area contributed by atoms with E-state index in [1.807, 2.05) is 6.07 Å². The van der Waals surface area contributed by atoms with Crippen LogP contribution in [0.4, 0.5) is 5.82 Å². The van der Waals surface area contributed by atoms with Crippen molar-refractivity contribution in [2.24, 2.45) is 0 Å². The summed E-state index contributed by atoms with van der Waals surface area (Å²) in [5.41, 5.74) is 6.66. The quantitative estimate of drug-likeness (QED) is 0.635. The summed E-state index contributed by atoms with van der Waals surface area (Å²) in [7, 11) is 0.